The first kappa shape index (κ1) is 6.94. The Morgan fingerprint density at radius 2 is 2.38 bits per heavy atom. The molecule has 2 unspecified atom stereocenters. The minimum absolute atomic E-state index is 0.803. The summed E-state index contributed by atoms with van der Waals surface area (Å²) in [6, 6.07) is 0. The predicted molar refractivity (Wildman–Crippen MR) is 43.8 cm³/mol. The van der Waals surface area contributed by atoms with Crippen LogP contribution in [0.15, 0.2) is 0 Å². The van der Waals surface area contributed by atoms with Crippen molar-refractivity contribution in [3.63, 3.8) is 0 Å². The molecule has 0 aliphatic carbocycles. The Hall–Kier alpha value is 0.830. The van der Waals surface area contributed by atoms with Gasteiger partial charge in [-0.15, -0.1) is 0 Å². The summed E-state index contributed by atoms with van der Waals surface area (Å²) in [4.78, 5) is 0.803. The Balaban J connectivity index is 2.30. The molecule has 1 saturated heterocycles. The molecule has 0 nitrogen and oxygen atoms in total. The first-order chi connectivity index (χ1) is 3.84. The maximum atomic E-state index is 3.64. The van der Waals surface area contributed by atoms with Gasteiger partial charge in [-0.1, -0.05) is 29.3 Å². The van der Waals surface area contributed by atoms with Crippen molar-refractivity contribution in [2.75, 3.05) is 11.5 Å². The predicted octanol–water partition coefficient (Wildman–Crippen LogP) is 2.52. The fraction of sp³-hybridized carbons (Fsp3) is 1.00. The molecule has 1 rings (SSSR count). The normalized spacial score (nSPS) is 38.2. The molecule has 0 radical (unpaired) electrons. The number of rotatable bonds is 1. The highest BCUT2D eigenvalue weighted by Crippen LogP contribution is 2.31. The van der Waals surface area contributed by atoms with Gasteiger partial charge in [-0.2, -0.15) is 11.8 Å². The molecule has 0 amide bonds. The second-order valence-electron chi connectivity index (χ2n) is 2.22. The summed E-state index contributed by atoms with van der Waals surface area (Å²) < 4.78 is 0. The van der Waals surface area contributed by atoms with Crippen molar-refractivity contribution in [3.8, 4) is 0 Å². The van der Waals surface area contributed by atoms with E-state index >= 15 is 0 Å². The smallest absolute Gasteiger partial charge is 0.0272 e. The van der Waals surface area contributed by atoms with Crippen LogP contribution < -0.4 is 0 Å². The van der Waals surface area contributed by atoms with Crippen molar-refractivity contribution in [1.82, 2.24) is 0 Å². The van der Waals surface area contributed by atoms with Gasteiger partial charge in [-0.05, 0) is 11.7 Å². The van der Waals surface area contributed by atoms with Crippen LogP contribution in [0.2, 0.25) is 0 Å². The second-order valence-corrected chi connectivity index (χ2v) is 4.47. The average Bonchev–Trinajstić information content (AvgIpc) is 2.14. The lowest BCUT2D eigenvalue weighted by Crippen LogP contribution is -2.08. The zero-order chi connectivity index (χ0) is 5.98. The van der Waals surface area contributed by atoms with Gasteiger partial charge in [0.2, 0.25) is 0 Å². The molecule has 1 fully saturated rings. The van der Waals surface area contributed by atoms with Crippen molar-refractivity contribution in [1.29, 1.82) is 0 Å². The molecule has 2 heteroatoms. The lowest BCUT2D eigenvalue weighted by Gasteiger charge is -2.07. The van der Waals surface area contributed by atoms with Crippen molar-refractivity contribution in [2.24, 2.45) is 5.92 Å². The molecule has 48 valence electrons. The third kappa shape index (κ3) is 1.41. The molecule has 0 spiro atoms. The third-order valence-corrected chi connectivity index (χ3v) is 4.40. The number of thioether (sulfide) groups is 1. The van der Waals surface area contributed by atoms with Crippen molar-refractivity contribution >= 4 is 27.7 Å². The van der Waals surface area contributed by atoms with E-state index in [1.165, 1.54) is 17.9 Å². The van der Waals surface area contributed by atoms with Gasteiger partial charge in [0, 0.05) is 10.6 Å². The maximum Gasteiger partial charge on any atom is 0.0272 e. The highest BCUT2D eigenvalue weighted by molar-refractivity contribution is 9.09. The van der Waals surface area contributed by atoms with Crippen LogP contribution in [-0.4, -0.2) is 16.3 Å². The zero-order valence-electron chi connectivity index (χ0n) is 5.06. The highest BCUT2D eigenvalue weighted by atomic mass is 79.9. The third-order valence-electron chi connectivity index (χ3n) is 1.64. The minimum atomic E-state index is 0.803. The van der Waals surface area contributed by atoms with Gasteiger partial charge in [0.25, 0.3) is 0 Å². The van der Waals surface area contributed by atoms with E-state index in [0.29, 0.717) is 0 Å². The van der Waals surface area contributed by atoms with E-state index in [-0.39, 0.29) is 0 Å². The van der Waals surface area contributed by atoms with Gasteiger partial charge in [-0.3, -0.25) is 0 Å². The molecule has 1 aliphatic rings. The van der Waals surface area contributed by atoms with Gasteiger partial charge in [0.15, 0.2) is 0 Å². The van der Waals surface area contributed by atoms with E-state index < -0.39 is 0 Å². The highest BCUT2D eigenvalue weighted by Gasteiger charge is 2.22. The lowest BCUT2D eigenvalue weighted by molar-refractivity contribution is 0.597. The molecule has 0 saturated carbocycles. The first-order valence-electron chi connectivity index (χ1n) is 3.06. The van der Waals surface area contributed by atoms with E-state index in [2.05, 4.69) is 34.6 Å². The molecule has 0 aromatic heterocycles. The monoisotopic (exact) mass is 194 g/mol. The van der Waals surface area contributed by atoms with Crippen LogP contribution in [0, 0.1) is 5.92 Å². The molecule has 0 aromatic carbocycles. The van der Waals surface area contributed by atoms with E-state index in [0.717, 1.165) is 10.7 Å². The second kappa shape index (κ2) is 3.11. The van der Waals surface area contributed by atoms with Gasteiger partial charge in [0.05, 0.1) is 0 Å². The van der Waals surface area contributed by atoms with E-state index in [4.69, 9.17) is 0 Å². The fourth-order valence-corrected chi connectivity index (χ4v) is 3.72. The molecule has 2 atom stereocenters. The number of hydrogen-bond acceptors (Lipinski definition) is 1. The van der Waals surface area contributed by atoms with Crippen molar-refractivity contribution in [3.05, 3.63) is 0 Å². The van der Waals surface area contributed by atoms with Crippen LogP contribution >= 0.6 is 27.7 Å². The topological polar surface area (TPSA) is 0 Å². The largest absolute Gasteiger partial charge is 0.161 e. The standard InChI is InChI=1S/C6H11BrS/c1-2-5-3-8-4-6(5)7/h5-6H,2-4H2,1H3. The van der Waals surface area contributed by atoms with Crippen LogP contribution in [0.5, 0.6) is 0 Å². The summed E-state index contributed by atoms with van der Waals surface area (Å²) >= 11 is 5.71. The Kier molecular flexibility index (Phi) is 2.70. The van der Waals surface area contributed by atoms with E-state index in [1.807, 2.05) is 0 Å². The number of alkyl halides is 1. The average molecular weight is 195 g/mol. The first-order valence-corrected chi connectivity index (χ1v) is 5.13. The van der Waals surface area contributed by atoms with Crippen LogP contribution in [-0.2, 0) is 0 Å². The molecule has 0 aromatic rings. The van der Waals surface area contributed by atoms with Gasteiger partial charge >= 0.3 is 0 Å². The van der Waals surface area contributed by atoms with E-state index in [1.54, 1.807) is 0 Å². The van der Waals surface area contributed by atoms with Crippen LogP contribution in [0.3, 0.4) is 0 Å². The molecular formula is C6H11BrS. The fourth-order valence-electron chi connectivity index (χ4n) is 0.946. The molecular weight excluding hydrogens is 184 g/mol. The van der Waals surface area contributed by atoms with Crippen LogP contribution in [0.4, 0.5) is 0 Å². The Labute approximate surface area is 63.5 Å². The summed E-state index contributed by atoms with van der Waals surface area (Å²) in [5.41, 5.74) is 0. The van der Waals surface area contributed by atoms with Gasteiger partial charge in [-0.25, -0.2) is 0 Å². The zero-order valence-corrected chi connectivity index (χ0v) is 7.46. The van der Waals surface area contributed by atoms with E-state index in [9.17, 15) is 0 Å². The molecule has 0 N–H and O–H groups in total. The van der Waals surface area contributed by atoms with Crippen LogP contribution in [0.25, 0.3) is 0 Å². The molecule has 8 heavy (non-hydrogen) atoms. The Bertz CT molecular complexity index is 74.9. The quantitative estimate of drug-likeness (QED) is 0.579. The van der Waals surface area contributed by atoms with Gasteiger partial charge in [0.1, 0.15) is 0 Å². The minimum Gasteiger partial charge on any atom is -0.161 e. The summed E-state index contributed by atoms with van der Waals surface area (Å²) in [6.07, 6.45) is 1.34. The summed E-state index contributed by atoms with van der Waals surface area (Å²) in [5, 5.41) is 0. The van der Waals surface area contributed by atoms with Crippen molar-refractivity contribution in [2.45, 2.75) is 18.2 Å². The number of hydrogen-bond donors (Lipinski definition) is 0. The molecule has 1 aliphatic heterocycles. The Morgan fingerprint density at radius 1 is 1.62 bits per heavy atom. The summed E-state index contributed by atoms with van der Waals surface area (Å²) in [6.45, 7) is 2.27. The Morgan fingerprint density at radius 3 is 2.62 bits per heavy atom. The molecule has 1 heterocycles. The summed E-state index contributed by atoms with van der Waals surface area (Å²) in [5.74, 6) is 3.63. The van der Waals surface area contributed by atoms with Crippen molar-refractivity contribution < 1.29 is 0 Å². The SMILES string of the molecule is CCC1CSCC1Br. The van der Waals surface area contributed by atoms with Crippen LogP contribution in [0.1, 0.15) is 13.3 Å². The summed E-state index contributed by atoms with van der Waals surface area (Å²) in [7, 11) is 0. The van der Waals surface area contributed by atoms with Gasteiger partial charge < -0.3 is 0 Å². The molecule has 0 bridgehead atoms. The lowest BCUT2D eigenvalue weighted by atomic mass is 10.1. The number of halogens is 1. The maximum absolute atomic E-state index is 3.64.